The van der Waals surface area contributed by atoms with Gasteiger partial charge in [-0.2, -0.15) is 0 Å². The van der Waals surface area contributed by atoms with E-state index < -0.39 is 9.05 Å². The molecular formula is C12H14ClNO3S. The maximum atomic E-state index is 11.5. The zero-order valence-corrected chi connectivity index (χ0v) is 11.6. The van der Waals surface area contributed by atoms with E-state index in [-0.39, 0.29) is 11.8 Å². The summed E-state index contributed by atoms with van der Waals surface area (Å²) in [7, 11) is 1.40. The molecule has 4 nitrogen and oxygen atoms in total. The Kier molecular flexibility index (Phi) is 4.93. The van der Waals surface area contributed by atoms with Gasteiger partial charge >= 0.3 is 0 Å². The van der Waals surface area contributed by atoms with E-state index in [1.807, 2.05) is 0 Å². The average Bonchev–Trinajstić information content (AvgIpc) is 2.26. The molecule has 0 heterocycles. The topological polar surface area (TPSA) is 63.2 Å². The lowest BCUT2D eigenvalue weighted by molar-refractivity contribution is -0.118. The molecular weight excluding hydrogens is 274 g/mol. The van der Waals surface area contributed by atoms with Crippen LogP contribution in [0.25, 0.3) is 6.08 Å². The number of hydrogen-bond acceptors (Lipinski definition) is 3. The number of carbonyl (C=O) groups is 1. The molecule has 0 aliphatic rings. The third kappa shape index (κ3) is 5.33. The average molecular weight is 288 g/mol. The minimum atomic E-state index is -3.67. The highest BCUT2D eigenvalue weighted by atomic mass is 35.7. The van der Waals surface area contributed by atoms with E-state index >= 15 is 0 Å². The van der Waals surface area contributed by atoms with Gasteiger partial charge in [-0.05, 0) is 23.8 Å². The Balaban J connectivity index is 2.87. The number of nitrogens with one attached hydrogen (secondary N) is 1. The molecule has 0 aliphatic carbocycles. The molecule has 1 aromatic rings. The molecule has 0 radical (unpaired) electrons. The number of hydrogen-bond donors (Lipinski definition) is 1. The second-order valence-electron chi connectivity index (χ2n) is 4.05. The largest absolute Gasteiger partial charge is 0.326 e. The molecule has 1 amide bonds. The summed E-state index contributed by atoms with van der Waals surface area (Å²) in [6, 6.07) is 6.83. The van der Waals surface area contributed by atoms with E-state index in [4.69, 9.17) is 10.7 Å². The molecule has 1 aromatic carbocycles. The quantitative estimate of drug-likeness (QED) is 0.866. The summed E-state index contributed by atoms with van der Waals surface area (Å²) in [6.07, 6.45) is 1.37. The van der Waals surface area contributed by atoms with Crippen LogP contribution < -0.4 is 5.32 Å². The molecule has 0 fully saturated rings. The molecule has 6 heteroatoms. The van der Waals surface area contributed by atoms with Crippen molar-refractivity contribution < 1.29 is 13.2 Å². The summed E-state index contributed by atoms with van der Waals surface area (Å²) in [5.41, 5.74) is 1.25. The molecule has 98 valence electrons. The van der Waals surface area contributed by atoms with Crippen LogP contribution in [0.2, 0.25) is 0 Å². The van der Waals surface area contributed by atoms with Crippen LogP contribution in [0.1, 0.15) is 19.4 Å². The number of rotatable bonds is 4. The van der Waals surface area contributed by atoms with Crippen molar-refractivity contribution in [3.63, 3.8) is 0 Å². The van der Waals surface area contributed by atoms with Gasteiger partial charge in [-0.25, -0.2) is 8.42 Å². The first-order valence-corrected chi connectivity index (χ1v) is 7.69. The third-order valence-corrected chi connectivity index (χ3v) is 2.87. The zero-order valence-electron chi connectivity index (χ0n) is 10.1. The van der Waals surface area contributed by atoms with Gasteiger partial charge in [-0.3, -0.25) is 4.79 Å². The van der Waals surface area contributed by atoms with Crippen molar-refractivity contribution in [3.8, 4) is 0 Å². The maximum Gasteiger partial charge on any atom is 0.254 e. The minimum Gasteiger partial charge on any atom is -0.326 e. The fraction of sp³-hybridized carbons (Fsp3) is 0.250. The summed E-state index contributed by atoms with van der Waals surface area (Å²) < 4.78 is 21.5. The third-order valence-electron chi connectivity index (χ3n) is 2.10. The lowest BCUT2D eigenvalue weighted by atomic mass is 10.1. The first-order chi connectivity index (χ1) is 8.28. The van der Waals surface area contributed by atoms with Crippen LogP contribution in [0.15, 0.2) is 29.7 Å². The first kappa shape index (κ1) is 14.7. The van der Waals surface area contributed by atoms with Gasteiger partial charge in [0.25, 0.3) is 9.05 Å². The number of carbonyl (C=O) groups excluding carboxylic acids is 1. The Bertz CT molecular complexity index is 564. The van der Waals surface area contributed by atoms with Crippen molar-refractivity contribution in [2.24, 2.45) is 5.92 Å². The molecule has 0 aromatic heterocycles. The Morgan fingerprint density at radius 3 is 2.61 bits per heavy atom. The summed E-state index contributed by atoms with van der Waals surface area (Å²) in [5, 5.41) is 3.62. The predicted octanol–water partition coefficient (Wildman–Crippen LogP) is 2.82. The van der Waals surface area contributed by atoms with Crippen molar-refractivity contribution in [1.29, 1.82) is 0 Å². The van der Waals surface area contributed by atoms with Crippen molar-refractivity contribution in [2.45, 2.75) is 13.8 Å². The zero-order chi connectivity index (χ0) is 13.8. The lowest BCUT2D eigenvalue weighted by Gasteiger charge is -2.07. The number of anilines is 1. The molecule has 0 bridgehead atoms. The molecule has 0 saturated carbocycles. The second-order valence-corrected chi connectivity index (χ2v) is 6.56. The molecule has 0 saturated heterocycles. The first-order valence-electron chi connectivity index (χ1n) is 5.31. The highest BCUT2D eigenvalue weighted by Crippen LogP contribution is 2.14. The van der Waals surface area contributed by atoms with Gasteiger partial charge in [0.1, 0.15) is 0 Å². The highest BCUT2D eigenvalue weighted by Gasteiger charge is 2.06. The van der Waals surface area contributed by atoms with Gasteiger partial charge in [0.2, 0.25) is 5.91 Å². The standard InChI is InChI=1S/C12H14ClNO3S/c1-9(2)12(15)14-11-5-3-4-10(8-11)6-7-18(13,16)17/h3-9H,1-2H3,(H,14,15). The van der Waals surface area contributed by atoms with Crippen molar-refractivity contribution in [3.05, 3.63) is 35.2 Å². The van der Waals surface area contributed by atoms with Crippen molar-refractivity contribution >= 4 is 37.4 Å². The maximum absolute atomic E-state index is 11.5. The van der Waals surface area contributed by atoms with Crippen LogP contribution >= 0.6 is 10.7 Å². The van der Waals surface area contributed by atoms with E-state index in [1.165, 1.54) is 6.08 Å². The molecule has 0 unspecified atom stereocenters. The summed E-state index contributed by atoms with van der Waals surface area (Å²) in [6.45, 7) is 3.58. The van der Waals surface area contributed by atoms with Crippen LogP contribution in [0, 0.1) is 5.92 Å². The minimum absolute atomic E-state index is 0.0962. The molecule has 1 rings (SSSR count). The van der Waals surface area contributed by atoms with Gasteiger partial charge in [0.05, 0.1) is 0 Å². The predicted molar refractivity (Wildman–Crippen MR) is 73.7 cm³/mol. The van der Waals surface area contributed by atoms with E-state index in [2.05, 4.69) is 5.32 Å². The fourth-order valence-electron chi connectivity index (χ4n) is 1.17. The van der Waals surface area contributed by atoms with Crippen LogP contribution in [-0.4, -0.2) is 14.3 Å². The Hall–Kier alpha value is -1.33. The molecule has 18 heavy (non-hydrogen) atoms. The Morgan fingerprint density at radius 2 is 2.06 bits per heavy atom. The van der Waals surface area contributed by atoms with E-state index in [0.717, 1.165) is 5.41 Å². The van der Waals surface area contributed by atoms with Gasteiger partial charge < -0.3 is 5.32 Å². The fourth-order valence-corrected chi connectivity index (χ4v) is 1.64. The summed E-state index contributed by atoms with van der Waals surface area (Å²) >= 11 is 0. The summed E-state index contributed by atoms with van der Waals surface area (Å²) in [4.78, 5) is 11.5. The number of amides is 1. The molecule has 0 atom stereocenters. The molecule has 1 N–H and O–H groups in total. The number of halogens is 1. The van der Waals surface area contributed by atoms with Crippen molar-refractivity contribution in [1.82, 2.24) is 0 Å². The SMILES string of the molecule is CC(C)C(=O)Nc1cccc(C=CS(=O)(=O)Cl)c1. The molecule has 0 aliphatic heterocycles. The lowest BCUT2D eigenvalue weighted by Crippen LogP contribution is -2.17. The summed E-state index contributed by atoms with van der Waals surface area (Å²) in [5.74, 6) is -0.214. The van der Waals surface area contributed by atoms with Gasteiger partial charge in [0, 0.05) is 27.7 Å². The van der Waals surface area contributed by atoms with Crippen LogP contribution in [0.5, 0.6) is 0 Å². The van der Waals surface area contributed by atoms with E-state index in [9.17, 15) is 13.2 Å². The van der Waals surface area contributed by atoms with Crippen LogP contribution in [-0.2, 0) is 13.8 Å². The van der Waals surface area contributed by atoms with E-state index in [0.29, 0.717) is 11.3 Å². The normalized spacial score (nSPS) is 12.0. The monoisotopic (exact) mass is 287 g/mol. The van der Waals surface area contributed by atoms with Gasteiger partial charge in [-0.15, -0.1) is 0 Å². The van der Waals surface area contributed by atoms with Crippen LogP contribution in [0.3, 0.4) is 0 Å². The smallest absolute Gasteiger partial charge is 0.254 e. The van der Waals surface area contributed by atoms with Crippen LogP contribution in [0.4, 0.5) is 5.69 Å². The molecule has 0 spiro atoms. The van der Waals surface area contributed by atoms with Gasteiger partial charge in [0.15, 0.2) is 0 Å². The van der Waals surface area contributed by atoms with Crippen molar-refractivity contribution in [2.75, 3.05) is 5.32 Å². The van der Waals surface area contributed by atoms with Gasteiger partial charge in [-0.1, -0.05) is 26.0 Å². The Morgan fingerprint density at radius 1 is 1.39 bits per heavy atom. The Labute approximate surface area is 111 Å². The second kappa shape index (κ2) is 6.02. The number of benzene rings is 1. The van der Waals surface area contributed by atoms with E-state index in [1.54, 1.807) is 38.1 Å². The highest BCUT2D eigenvalue weighted by molar-refractivity contribution is 8.16.